The number of likely N-dealkylation sites (tertiary alicyclic amines) is 2. The number of alkyl carbamates (subject to hydrolysis) is 2. The third-order valence-corrected chi connectivity index (χ3v) is 19.2. The van der Waals surface area contributed by atoms with E-state index in [1.807, 2.05) is 61.5 Å². The highest BCUT2D eigenvalue weighted by Crippen LogP contribution is 2.42. The number of nitrogens with one attached hydrogen (secondary N) is 2. The van der Waals surface area contributed by atoms with E-state index in [4.69, 9.17) is 33.3 Å². The molecule has 2 aliphatic carbocycles. The average molecular weight is 1420 g/mol. The van der Waals surface area contributed by atoms with Crippen LogP contribution in [0.25, 0.3) is 0 Å². The van der Waals surface area contributed by atoms with Crippen LogP contribution in [0.2, 0.25) is 0 Å². The second-order valence-electron chi connectivity index (χ2n) is 29.7. The lowest BCUT2D eigenvalue weighted by atomic mass is 9.84. The second kappa shape index (κ2) is 38.5. The van der Waals surface area contributed by atoms with Crippen molar-refractivity contribution < 1.29 is 90.5 Å². The van der Waals surface area contributed by atoms with E-state index in [9.17, 15) is 62.5 Å². The first kappa shape index (κ1) is 82.3. The number of nitrogens with zero attached hydrogens (tertiary/aromatic N) is 4. The van der Waals surface area contributed by atoms with Gasteiger partial charge >= 0.3 is 12.2 Å². The van der Waals surface area contributed by atoms with E-state index in [0.717, 1.165) is 44.1 Å². The van der Waals surface area contributed by atoms with Crippen LogP contribution in [0.3, 0.4) is 0 Å². The molecule has 1 spiro atoms. The molecule has 0 aromatic heterocycles. The van der Waals surface area contributed by atoms with Crippen molar-refractivity contribution in [2.24, 2.45) is 39.7 Å². The number of ether oxygens (including phenoxy) is 6. The number of amides is 4. The SMILES string of the molecule is C=C1C[C@@H](C(=O)C[C@@H](CCC)C(OC)C(=O)CC2CC2)N(C(=O)[C@@H](NC(=O)O[C@H]2CCOC2)C(C)(C)C)C1.CCC[C@H](CC(=O)[C@@H]1C[C@]2(CC(C(=O)c3ccccc3)=NO2)CN1C(=O)[C@@H](NC(=O)O[C@H]1CCOC1)C(C)(C)C)C(OC)C(=O)CC1CC1.CF.O=C(C[N+](=O)[O-])c1ccccc1. The Balaban J connectivity index is 0.000000272. The number of benzene rings is 2. The molecule has 2 unspecified atom stereocenters. The Morgan fingerprint density at radius 3 is 1.52 bits per heavy atom. The molecule has 2 aromatic carbocycles. The molecule has 5 aliphatic heterocycles. The zero-order valence-electron chi connectivity index (χ0n) is 60.8. The number of halogens is 1. The van der Waals surface area contributed by atoms with Gasteiger partial charge in [-0.05, 0) is 79.4 Å². The van der Waals surface area contributed by atoms with Crippen molar-refractivity contribution in [1.82, 2.24) is 20.4 Å². The monoisotopic (exact) mass is 1410 g/mol. The fourth-order valence-corrected chi connectivity index (χ4v) is 13.5. The van der Waals surface area contributed by atoms with E-state index in [2.05, 4.69) is 22.4 Å². The molecule has 4 saturated heterocycles. The van der Waals surface area contributed by atoms with Crippen LogP contribution in [0.15, 0.2) is 78.0 Å². The molecule has 11 atom stereocenters. The maximum Gasteiger partial charge on any atom is 0.408 e. The number of methoxy groups -OCH3 is 2. The van der Waals surface area contributed by atoms with Crippen molar-refractivity contribution in [2.75, 3.05) is 67.5 Å². The third-order valence-electron chi connectivity index (χ3n) is 19.2. The molecule has 101 heavy (non-hydrogen) atoms. The highest BCUT2D eigenvalue weighted by atomic mass is 19.1. The number of Topliss-reactive ketones (excluding diaryl/α,β-unsaturated/α-hetero) is 6. The molecule has 2 aromatic rings. The van der Waals surface area contributed by atoms with Gasteiger partial charge in [-0.25, -0.2) is 9.59 Å². The first-order valence-corrected chi connectivity index (χ1v) is 35.4. The van der Waals surface area contributed by atoms with Crippen molar-refractivity contribution in [3.63, 3.8) is 0 Å². The van der Waals surface area contributed by atoms with Gasteiger partial charge in [0.25, 0.3) is 6.54 Å². The summed E-state index contributed by atoms with van der Waals surface area (Å²) < 4.78 is 42.4. The summed E-state index contributed by atoms with van der Waals surface area (Å²) in [6.07, 6.45) is 6.49. The molecule has 0 radical (unpaired) electrons. The Labute approximate surface area is 592 Å². The standard InChI is InChI=1S/C37H51N3O9.C29H46N2O7.C8H7NO3.CH3F/c1-6-10-25(32(46-5)30(42)17-23-13-14-23)18-29(41)28-20-37(19-27(39-49-37)31(43)24-11-8-7-9-12-24)22-40(28)34(44)33(36(2,3)4)38-35(45)48-26-15-16-47-21-26;1-7-8-20(25(36-6)24(33)14-19-9-10-19)15-23(32)22-13-18(2)16-31(22)27(34)26(29(3,4)5)30-28(35)38-21-11-12-37-17-21;10-8(6-9(11)12)7-4-2-1-3-5-7;1-2/h7-9,11-12,23,25-26,28,32-33H,6,10,13-22H2,1-5H3,(H,38,45);19-22,25-26H,2,7-17H2,1,3-6H3,(H,30,35);1-5H,6H2;1H3/t25-,26+,28+,32?,33-,37-;20-,21+,22+,25?,26-;;/m11../s1. The quantitative estimate of drug-likeness (QED) is 0.0307. The Hall–Kier alpha value is -7.68. The van der Waals surface area contributed by atoms with E-state index in [0.29, 0.717) is 102 Å². The number of alkyl halides is 1. The molecule has 25 nitrogen and oxygen atoms in total. The van der Waals surface area contributed by atoms with Crippen molar-refractivity contribution in [3.8, 4) is 0 Å². The average Bonchev–Trinajstić information content (AvgIpc) is 1.61. The molecule has 26 heteroatoms. The summed E-state index contributed by atoms with van der Waals surface area (Å²) in [4.78, 5) is 151. The number of carbonyl (C=O) groups is 10. The first-order chi connectivity index (χ1) is 48.0. The molecule has 7 aliphatic rings. The van der Waals surface area contributed by atoms with Crippen LogP contribution in [-0.2, 0) is 62.0 Å². The largest absolute Gasteiger partial charge is 0.444 e. The summed E-state index contributed by atoms with van der Waals surface area (Å²) in [6.45, 7) is 20.4. The van der Waals surface area contributed by atoms with E-state index in [1.54, 1.807) is 54.6 Å². The van der Waals surface area contributed by atoms with Crippen LogP contribution in [0.4, 0.5) is 14.0 Å². The van der Waals surface area contributed by atoms with Gasteiger partial charge in [-0.1, -0.05) is 146 Å². The normalized spacial score (nSPS) is 22.5. The minimum absolute atomic E-state index is 0.00633. The number of hydrogen-bond acceptors (Lipinski definition) is 20. The first-order valence-electron chi connectivity index (χ1n) is 35.4. The Kier molecular flexibility index (Phi) is 31.4. The lowest BCUT2D eigenvalue weighted by Gasteiger charge is -2.35. The highest BCUT2D eigenvalue weighted by molar-refractivity contribution is 6.46. The number of rotatable bonds is 31. The van der Waals surface area contributed by atoms with Gasteiger partial charge in [0.2, 0.25) is 23.4 Å². The summed E-state index contributed by atoms with van der Waals surface area (Å²) in [5.41, 5.74) is -0.636. The van der Waals surface area contributed by atoms with Crippen molar-refractivity contribution in [1.29, 1.82) is 0 Å². The molecule has 558 valence electrons. The summed E-state index contributed by atoms with van der Waals surface area (Å²) in [6, 6.07) is 13.4. The number of carbonyl (C=O) groups excluding carboxylic acids is 10. The fraction of sp³-hybridized carbons (Fsp3) is 0.667. The number of hydrogen-bond donors (Lipinski definition) is 2. The van der Waals surface area contributed by atoms with Gasteiger partial charge in [-0.2, -0.15) is 0 Å². The van der Waals surface area contributed by atoms with Gasteiger partial charge in [0, 0.05) is 88.2 Å². The maximum atomic E-state index is 14.5. The van der Waals surface area contributed by atoms with Crippen LogP contribution in [0, 0.1) is 44.6 Å². The Morgan fingerprint density at radius 1 is 0.673 bits per heavy atom. The molecule has 5 heterocycles. The van der Waals surface area contributed by atoms with E-state index >= 15 is 0 Å². The van der Waals surface area contributed by atoms with Crippen LogP contribution in [-0.4, -0.2) is 201 Å². The molecular weight excluding hydrogens is 1310 g/mol. The van der Waals surface area contributed by atoms with Gasteiger partial charge in [0.15, 0.2) is 28.7 Å². The maximum absolute atomic E-state index is 14.5. The lowest BCUT2D eigenvalue weighted by Crippen LogP contribution is -2.57. The number of ketones is 6. The number of oxime groups is 1. The Morgan fingerprint density at radius 2 is 1.12 bits per heavy atom. The minimum Gasteiger partial charge on any atom is -0.444 e. The molecule has 4 amide bonds. The van der Waals surface area contributed by atoms with Gasteiger partial charge in [-0.15, -0.1) is 0 Å². The fourth-order valence-electron chi connectivity index (χ4n) is 13.5. The van der Waals surface area contributed by atoms with Crippen molar-refractivity contribution in [3.05, 3.63) is 94.1 Å². The zero-order chi connectivity index (χ0) is 74.4. The predicted octanol–water partition coefficient (Wildman–Crippen LogP) is 10.2. The zero-order valence-corrected chi connectivity index (χ0v) is 60.8. The lowest BCUT2D eigenvalue weighted by molar-refractivity contribution is -0.465. The molecular formula is C75H107FN6O19. The van der Waals surface area contributed by atoms with Gasteiger partial charge < -0.3 is 53.7 Å². The van der Waals surface area contributed by atoms with Crippen LogP contribution in [0.1, 0.15) is 185 Å². The van der Waals surface area contributed by atoms with Gasteiger partial charge in [0.1, 0.15) is 42.2 Å². The molecule has 9 rings (SSSR count). The summed E-state index contributed by atoms with van der Waals surface area (Å²) >= 11 is 0. The molecule has 2 saturated carbocycles. The topological polar surface area (TPSA) is 321 Å². The molecule has 6 fully saturated rings. The molecule has 2 N–H and O–H groups in total. The van der Waals surface area contributed by atoms with E-state index in [-0.39, 0.29) is 97.2 Å². The summed E-state index contributed by atoms with van der Waals surface area (Å²) in [5.74, 6) is -1.58. The van der Waals surface area contributed by atoms with Crippen LogP contribution >= 0.6 is 0 Å². The van der Waals surface area contributed by atoms with E-state index in [1.165, 1.54) is 24.0 Å². The van der Waals surface area contributed by atoms with Crippen LogP contribution < -0.4 is 10.6 Å². The number of nitro groups is 1. The summed E-state index contributed by atoms with van der Waals surface area (Å²) in [5, 5.41) is 19.7. The minimum atomic E-state index is -1.11. The van der Waals surface area contributed by atoms with Crippen LogP contribution in [0.5, 0.6) is 0 Å². The third kappa shape index (κ3) is 24.5. The Bertz CT molecular complexity index is 3210. The second-order valence-corrected chi connectivity index (χ2v) is 29.7. The smallest absolute Gasteiger partial charge is 0.408 e. The van der Waals surface area contributed by atoms with E-state index < -0.39 is 94.3 Å². The summed E-state index contributed by atoms with van der Waals surface area (Å²) in [7, 11) is 3.54. The van der Waals surface area contributed by atoms with Crippen molar-refractivity contribution >= 4 is 64.4 Å². The highest BCUT2D eigenvalue weighted by Gasteiger charge is 2.56. The molecule has 0 bridgehead atoms. The van der Waals surface area contributed by atoms with Gasteiger partial charge in [-0.3, -0.25) is 52.9 Å². The van der Waals surface area contributed by atoms with Gasteiger partial charge in [0.05, 0.1) is 52.2 Å². The predicted molar refractivity (Wildman–Crippen MR) is 372 cm³/mol. The van der Waals surface area contributed by atoms with Crippen molar-refractivity contribution in [2.45, 2.75) is 219 Å².